The average Bonchev–Trinajstić information content (AvgIpc) is 2.21. The van der Waals surface area contributed by atoms with E-state index in [1.807, 2.05) is 0 Å². The molecule has 0 fully saturated rings. The van der Waals surface area contributed by atoms with E-state index in [1.165, 1.54) is 0 Å². The molecule has 0 radical (unpaired) electrons. The highest BCUT2D eigenvalue weighted by Crippen LogP contribution is 2.20. The number of anilines is 2. The third kappa shape index (κ3) is 3.87. The second kappa shape index (κ2) is 5.92. The zero-order valence-corrected chi connectivity index (χ0v) is 10.3. The van der Waals surface area contributed by atoms with E-state index in [0.29, 0.717) is 22.6 Å². The molecule has 0 aromatic carbocycles. The van der Waals surface area contributed by atoms with Gasteiger partial charge in [0.25, 0.3) is 0 Å². The molecule has 0 bridgehead atoms. The van der Waals surface area contributed by atoms with Crippen LogP contribution in [0.4, 0.5) is 11.5 Å². The number of nitrogens with two attached hydrogens (primary N) is 1. The van der Waals surface area contributed by atoms with Crippen LogP contribution < -0.4 is 11.1 Å². The number of aliphatic hydroxyl groups is 1. The number of nitrogens with zero attached hydrogens (tertiary/aromatic N) is 1. The van der Waals surface area contributed by atoms with Crippen molar-refractivity contribution in [3.8, 4) is 0 Å². The van der Waals surface area contributed by atoms with E-state index in [-0.39, 0.29) is 12.6 Å². The van der Waals surface area contributed by atoms with E-state index < -0.39 is 0 Å². The molecule has 4 nitrogen and oxygen atoms in total. The summed E-state index contributed by atoms with van der Waals surface area (Å²) in [6.45, 7) is 4.24. The zero-order valence-electron chi connectivity index (χ0n) is 9.57. The molecule has 16 heavy (non-hydrogen) atoms. The van der Waals surface area contributed by atoms with Gasteiger partial charge in [-0.05, 0) is 24.5 Å². The molecule has 1 aromatic rings. The molecule has 1 heterocycles. The fourth-order valence-electron chi connectivity index (χ4n) is 1.50. The molecular weight excluding hydrogens is 226 g/mol. The van der Waals surface area contributed by atoms with Gasteiger partial charge in [0.05, 0.1) is 18.3 Å². The Morgan fingerprint density at radius 1 is 1.50 bits per heavy atom. The lowest BCUT2D eigenvalue weighted by molar-refractivity contribution is 0.259. The summed E-state index contributed by atoms with van der Waals surface area (Å²) in [6.07, 6.45) is 0.851. The molecule has 5 heteroatoms. The van der Waals surface area contributed by atoms with Crippen LogP contribution in [0.25, 0.3) is 0 Å². The molecular formula is C11H18ClN3O. The lowest BCUT2D eigenvalue weighted by Crippen LogP contribution is -2.26. The van der Waals surface area contributed by atoms with Crippen LogP contribution in [0.2, 0.25) is 5.15 Å². The Balaban J connectivity index is 2.73. The molecule has 1 atom stereocenters. The summed E-state index contributed by atoms with van der Waals surface area (Å²) in [4.78, 5) is 4.09. The number of pyridine rings is 1. The minimum atomic E-state index is -0.0479. The maximum absolute atomic E-state index is 9.23. The molecule has 0 amide bonds. The maximum Gasteiger partial charge on any atom is 0.151 e. The first-order valence-corrected chi connectivity index (χ1v) is 5.70. The number of nitrogens with one attached hydrogen (secondary N) is 1. The van der Waals surface area contributed by atoms with Crippen LogP contribution in [0, 0.1) is 5.92 Å². The van der Waals surface area contributed by atoms with Crippen LogP contribution in [0.15, 0.2) is 12.1 Å². The van der Waals surface area contributed by atoms with Gasteiger partial charge in [-0.15, -0.1) is 0 Å². The molecule has 1 unspecified atom stereocenters. The second-order valence-electron chi connectivity index (χ2n) is 4.23. The van der Waals surface area contributed by atoms with E-state index in [9.17, 15) is 5.11 Å². The van der Waals surface area contributed by atoms with Gasteiger partial charge in [0.1, 0.15) is 5.15 Å². The summed E-state index contributed by atoms with van der Waals surface area (Å²) in [5.74, 6) is 1.03. The smallest absolute Gasteiger partial charge is 0.151 e. The largest absolute Gasteiger partial charge is 0.396 e. The van der Waals surface area contributed by atoms with Gasteiger partial charge in [-0.1, -0.05) is 25.4 Å². The SMILES string of the molecule is CC(C)CC(CO)Nc1nc(Cl)ccc1N. The molecule has 0 saturated heterocycles. The maximum atomic E-state index is 9.23. The van der Waals surface area contributed by atoms with E-state index in [1.54, 1.807) is 12.1 Å². The molecule has 1 rings (SSSR count). The molecule has 90 valence electrons. The topological polar surface area (TPSA) is 71.2 Å². The van der Waals surface area contributed by atoms with Crippen molar-refractivity contribution in [3.63, 3.8) is 0 Å². The van der Waals surface area contributed by atoms with Gasteiger partial charge in [-0.3, -0.25) is 0 Å². The lowest BCUT2D eigenvalue weighted by atomic mass is 10.0. The normalized spacial score (nSPS) is 12.8. The van der Waals surface area contributed by atoms with Crippen LogP contribution in [-0.2, 0) is 0 Å². The van der Waals surface area contributed by atoms with Gasteiger partial charge < -0.3 is 16.2 Å². The average molecular weight is 244 g/mol. The first kappa shape index (κ1) is 13.1. The summed E-state index contributed by atoms with van der Waals surface area (Å²) in [5, 5.41) is 12.7. The Kier molecular flexibility index (Phi) is 4.83. The van der Waals surface area contributed by atoms with Gasteiger partial charge in [0.15, 0.2) is 5.82 Å². The standard InChI is InChI=1S/C11H18ClN3O/c1-7(2)5-8(6-16)14-11-9(13)3-4-10(12)15-11/h3-4,7-8,16H,5-6,13H2,1-2H3,(H,14,15). The molecule has 0 aliphatic rings. The Bertz CT molecular complexity index is 344. The monoisotopic (exact) mass is 243 g/mol. The van der Waals surface area contributed by atoms with E-state index in [2.05, 4.69) is 24.1 Å². The third-order valence-corrected chi connectivity index (χ3v) is 2.42. The van der Waals surface area contributed by atoms with Crippen molar-refractivity contribution in [3.05, 3.63) is 17.3 Å². The summed E-state index contributed by atoms with van der Waals surface area (Å²) in [5.41, 5.74) is 6.29. The highest BCUT2D eigenvalue weighted by molar-refractivity contribution is 6.29. The number of hydrogen-bond donors (Lipinski definition) is 3. The predicted molar refractivity (Wildman–Crippen MR) is 67.6 cm³/mol. The molecule has 4 N–H and O–H groups in total. The minimum absolute atomic E-state index is 0.0474. The van der Waals surface area contributed by atoms with Crippen LogP contribution in [0.3, 0.4) is 0 Å². The summed E-state index contributed by atoms with van der Waals surface area (Å²) in [6, 6.07) is 3.29. The van der Waals surface area contributed by atoms with Gasteiger partial charge in [0.2, 0.25) is 0 Å². The van der Waals surface area contributed by atoms with Crippen LogP contribution in [0.1, 0.15) is 20.3 Å². The number of nitrogen functional groups attached to an aromatic ring is 1. The van der Waals surface area contributed by atoms with Crippen molar-refractivity contribution >= 4 is 23.1 Å². The van der Waals surface area contributed by atoms with Crippen molar-refractivity contribution in [2.75, 3.05) is 17.7 Å². The number of hydrogen-bond acceptors (Lipinski definition) is 4. The molecule has 0 aliphatic carbocycles. The van der Waals surface area contributed by atoms with Crippen molar-refractivity contribution < 1.29 is 5.11 Å². The Morgan fingerprint density at radius 3 is 2.75 bits per heavy atom. The fraction of sp³-hybridized carbons (Fsp3) is 0.545. The number of halogens is 1. The number of aromatic nitrogens is 1. The Labute approximate surface area is 101 Å². The highest BCUT2D eigenvalue weighted by atomic mass is 35.5. The Hall–Kier alpha value is -1.00. The van der Waals surface area contributed by atoms with Crippen molar-refractivity contribution in [2.45, 2.75) is 26.3 Å². The van der Waals surface area contributed by atoms with E-state index in [0.717, 1.165) is 6.42 Å². The van der Waals surface area contributed by atoms with Crippen molar-refractivity contribution in [2.24, 2.45) is 5.92 Å². The number of rotatable bonds is 5. The highest BCUT2D eigenvalue weighted by Gasteiger charge is 2.12. The van der Waals surface area contributed by atoms with Crippen molar-refractivity contribution in [1.29, 1.82) is 0 Å². The van der Waals surface area contributed by atoms with Crippen molar-refractivity contribution in [1.82, 2.24) is 4.98 Å². The number of aliphatic hydroxyl groups excluding tert-OH is 1. The van der Waals surface area contributed by atoms with Gasteiger partial charge in [-0.2, -0.15) is 0 Å². The van der Waals surface area contributed by atoms with E-state index >= 15 is 0 Å². The summed E-state index contributed by atoms with van der Waals surface area (Å²) < 4.78 is 0. The molecule has 1 aromatic heterocycles. The third-order valence-electron chi connectivity index (χ3n) is 2.21. The first-order valence-electron chi connectivity index (χ1n) is 5.32. The zero-order chi connectivity index (χ0) is 12.1. The fourth-order valence-corrected chi connectivity index (χ4v) is 1.65. The Morgan fingerprint density at radius 2 is 2.19 bits per heavy atom. The second-order valence-corrected chi connectivity index (χ2v) is 4.61. The van der Waals surface area contributed by atoms with Crippen LogP contribution in [-0.4, -0.2) is 22.7 Å². The summed E-state index contributed by atoms with van der Waals surface area (Å²) >= 11 is 5.78. The molecule has 0 aliphatic heterocycles. The lowest BCUT2D eigenvalue weighted by Gasteiger charge is -2.19. The molecule has 0 saturated carbocycles. The summed E-state index contributed by atoms with van der Waals surface area (Å²) in [7, 11) is 0. The van der Waals surface area contributed by atoms with Crippen LogP contribution >= 0.6 is 11.6 Å². The van der Waals surface area contributed by atoms with Crippen LogP contribution in [0.5, 0.6) is 0 Å². The first-order chi connectivity index (χ1) is 7.52. The quantitative estimate of drug-likeness (QED) is 0.693. The van der Waals surface area contributed by atoms with E-state index in [4.69, 9.17) is 17.3 Å². The van der Waals surface area contributed by atoms with Gasteiger partial charge in [-0.25, -0.2) is 4.98 Å². The van der Waals surface area contributed by atoms with Gasteiger partial charge in [0, 0.05) is 0 Å². The minimum Gasteiger partial charge on any atom is -0.396 e. The predicted octanol–water partition coefficient (Wildman–Crippen LogP) is 2.14. The molecule has 0 spiro atoms. The van der Waals surface area contributed by atoms with Gasteiger partial charge >= 0.3 is 0 Å².